The fourth-order valence-electron chi connectivity index (χ4n) is 3.99. The number of piperazine rings is 1. The third-order valence-corrected chi connectivity index (χ3v) is 7.56. The Morgan fingerprint density at radius 1 is 0.903 bits per heavy atom. The Bertz CT molecular complexity index is 1170. The Labute approximate surface area is 180 Å². The van der Waals surface area contributed by atoms with Gasteiger partial charge in [0.05, 0.1) is 23.5 Å². The lowest BCUT2D eigenvalue weighted by Crippen LogP contribution is -2.50. The molecule has 0 saturated carbocycles. The van der Waals surface area contributed by atoms with Gasteiger partial charge in [-0.25, -0.2) is 8.42 Å². The van der Waals surface area contributed by atoms with Crippen molar-refractivity contribution >= 4 is 33.2 Å². The quantitative estimate of drug-likeness (QED) is 0.641. The number of amides is 1. The monoisotopic (exact) mass is 441 g/mol. The number of anilines is 1. The maximum atomic E-state index is 13.0. The number of rotatable bonds is 5. The minimum atomic E-state index is -3.23. The van der Waals surface area contributed by atoms with E-state index in [4.69, 9.17) is 0 Å². The van der Waals surface area contributed by atoms with Gasteiger partial charge in [0.25, 0.3) is 0 Å². The average molecular weight is 442 g/mol. The van der Waals surface area contributed by atoms with E-state index < -0.39 is 10.0 Å². The Morgan fingerprint density at radius 2 is 1.52 bits per heavy atom. The summed E-state index contributed by atoms with van der Waals surface area (Å²) in [7, 11) is -3.23. The normalized spacial score (nSPS) is 17.2. The maximum absolute atomic E-state index is 13.0. The van der Waals surface area contributed by atoms with Crippen molar-refractivity contribution < 1.29 is 22.8 Å². The van der Waals surface area contributed by atoms with Gasteiger partial charge in [0.15, 0.2) is 11.6 Å². The van der Waals surface area contributed by atoms with Gasteiger partial charge in [-0.2, -0.15) is 4.31 Å². The molecule has 2 aliphatic rings. The minimum absolute atomic E-state index is 0.0580. The number of nitrogens with one attached hydrogen (secondary N) is 1. The molecule has 162 valence electrons. The Hall–Kier alpha value is -2.88. The first-order valence-corrected chi connectivity index (χ1v) is 11.7. The highest BCUT2D eigenvalue weighted by molar-refractivity contribution is 7.89. The van der Waals surface area contributed by atoms with E-state index in [0.717, 1.165) is 0 Å². The van der Waals surface area contributed by atoms with Crippen molar-refractivity contribution in [1.82, 2.24) is 9.21 Å². The summed E-state index contributed by atoms with van der Waals surface area (Å²) in [5, 5.41) is 2.77. The molecule has 1 aliphatic heterocycles. The number of benzene rings is 2. The summed E-state index contributed by atoms with van der Waals surface area (Å²) < 4.78 is 25.4. The van der Waals surface area contributed by atoms with Gasteiger partial charge in [-0.3, -0.25) is 19.3 Å². The first kappa shape index (κ1) is 21.4. The first-order valence-electron chi connectivity index (χ1n) is 10.1. The number of carbonyl (C=O) groups is 3. The molecule has 0 unspecified atom stereocenters. The Kier molecular flexibility index (Phi) is 5.74. The number of hydrogen-bond donors (Lipinski definition) is 1. The van der Waals surface area contributed by atoms with Crippen molar-refractivity contribution in [3.63, 3.8) is 0 Å². The molecule has 1 heterocycles. The van der Waals surface area contributed by atoms with Crippen LogP contribution in [0.4, 0.5) is 5.69 Å². The molecule has 1 saturated heterocycles. The van der Waals surface area contributed by atoms with Crippen LogP contribution in [-0.4, -0.2) is 73.6 Å². The van der Waals surface area contributed by atoms with Crippen LogP contribution < -0.4 is 5.32 Å². The molecule has 0 radical (unpaired) electrons. The topological polar surface area (TPSA) is 104 Å². The number of carbonyl (C=O) groups excluding carboxylic acids is 3. The predicted molar refractivity (Wildman–Crippen MR) is 116 cm³/mol. The van der Waals surface area contributed by atoms with E-state index in [9.17, 15) is 22.8 Å². The standard InChI is InChI=1S/C22H23N3O5S/c1-2-31(29,30)25-12-10-24(11-13-25)14-19(26)23-18-9-5-8-17-20(18)22(28)16-7-4-3-6-15(16)21(17)27/h3-9H,2,10-14H2,1H3,(H,23,26). The van der Waals surface area contributed by atoms with Crippen molar-refractivity contribution in [3.8, 4) is 0 Å². The largest absolute Gasteiger partial charge is 0.324 e. The SMILES string of the molecule is CCS(=O)(=O)N1CCN(CC(=O)Nc2cccc3c2C(=O)c2ccccc2C3=O)CC1. The van der Waals surface area contributed by atoms with Crippen LogP contribution in [0.2, 0.25) is 0 Å². The average Bonchev–Trinajstić information content (AvgIpc) is 2.77. The molecule has 1 aliphatic carbocycles. The van der Waals surface area contributed by atoms with Gasteiger partial charge in [0.1, 0.15) is 0 Å². The van der Waals surface area contributed by atoms with E-state index in [1.54, 1.807) is 49.4 Å². The molecular formula is C22H23N3O5S. The van der Waals surface area contributed by atoms with Gasteiger partial charge in [-0.1, -0.05) is 36.4 Å². The zero-order chi connectivity index (χ0) is 22.2. The second kappa shape index (κ2) is 8.33. The lowest BCUT2D eigenvalue weighted by Gasteiger charge is -2.33. The highest BCUT2D eigenvalue weighted by Gasteiger charge is 2.32. The van der Waals surface area contributed by atoms with Crippen LogP contribution >= 0.6 is 0 Å². The fraction of sp³-hybridized carbons (Fsp3) is 0.318. The van der Waals surface area contributed by atoms with Crippen LogP contribution in [0.5, 0.6) is 0 Å². The van der Waals surface area contributed by atoms with E-state index in [1.807, 2.05) is 4.90 Å². The van der Waals surface area contributed by atoms with Gasteiger partial charge >= 0.3 is 0 Å². The second-order valence-corrected chi connectivity index (χ2v) is 9.81. The van der Waals surface area contributed by atoms with E-state index in [0.29, 0.717) is 43.0 Å². The lowest BCUT2D eigenvalue weighted by molar-refractivity contribution is -0.117. The summed E-state index contributed by atoms with van der Waals surface area (Å²) in [4.78, 5) is 40.4. The minimum Gasteiger partial charge on any atom is -0.324 e. The van der Waals surface area contributed by atoms with Crippen LogP contribution in [0.1, 0.15) is 38.8 Å². The molecule has 31 heavy (non-hydrogen) atoms. The number of nitrogens with zero attached hydrogens (tertiary/aromatic N) is 2. The van der Waals surface area contributed by atoms with Crippen LogP contribution in [0.15, 0.2) is 42.5 Å². The van der Waals surface area contributed by atoms with E-state index >= 15 is 0 Å². The summed E-state index contributed by atoms with van der Waals surface area (Å²) in [5.41, 5.74) is 1.49. The van der Waals surface area contributed by atoms with Crippen LogP contribution in [0.3, 0.4) is 0 Å². The van der Waals surface area contributed by atoms with Gasteiger partial charge in [0, 0.05) is 42.9 Å². The lowest BCUT2D eigenvalue weighted by atomic mass is 9.83. The molecule has 0 aromatic heterocycles. The van der Waals surface area contributed by atoms with Gasteiger partial charge in [-0.05, 0) is 13.0 Å². The molecule has 0 atom stereocenters. The summed E-state index contributed by atoms with van der Waals surface area (Å²) in [6.45, 7) is 3.26. The van der Waals surface area contributed by atoms with Crippen molar-refractivity contribution in [2.45, 2.75) is 6.92 Å². The molecule has 0 bridgehead atoms. The summed E-state index contributed by atoms with van der Waals surface area (Å²) in [5.74, 6) is -0.795. The van der Waals surface area contributed by atoms with Gasteiger partial charge in [-0.15, -0.1) is 0 Å². The second-order valence-electron chi connectivity index (χ2n) is 7.56. The van der Waals surface area contributed by atoms with Gasteiger partial charge in [0.2, 0.25) is 15.9 Å². The fourth-order valence-corrected chi connectivity index (χ4v) is 5.08. The zero-order valence-corrected chi connectivity index (χ0v) is 17.9. The number of ketones is 2. The van der Waals surface area contributed by atoms with Crippen LogP contribution in [0, 0.1) is 0 Å². The number of hydrogen-bond acceptors (Lipinski definition) is 6. The maximum Gasteiger partial charge on any atom is 0.238 e. The molecule has 9 heteroatoms. The third kappa shape index (κ3) is 4.04. The van der Waals surface area contributed by atoms with Crippen molar-refractivity contribution in [2.75, 3.05) is 43.8 Å². The van der Waals surface area contributed by atoms with Crippen molar-refractivity contribution in [3.05, 3.63) is 64.7 Å². The molecule has 2 aromatic carbocycles. The molecule has 2 aromatic rings. The molecule has 1 fully saturated rings. The summed E-state index contributed by atoms with van der Waals surface area (Å²) in [6, 6.07) is 11.5. The zero-order valence-electron chi connectivity index (χ0n) is 17.1. The Balaban J connectivity index is 1.47. The Morgan fingerprint density at radius 3 is 2.16 bits per heavy atom. The predicted octanol–water partition coefficient (Wildman–Crippen LogP) is 1.37. The number of fused-ring (bicyclic) bond motifs is 2. The third-order valence-electron chi connectivity index (χ3n) is 5.68. The van der Waals surface area contributed by atoms with Crippen molar-refractivity contribution in [1.29, 1.82) is 0 Å². The van der Waals surface area contributed by atoms with Crippen molar-refractivity contribution in [2.24, 2.45) is 0 Å². The number of sulfonamides is 1. The molecule has 0 spiro atoms. The van der Waals surface area contributed by atoms with E-state index in [-0.39, 0.29) is 40.9 Å². The molecule has 1 amide bonds. The van der Waals surface area contributed by atoms with Gasteiger partial charge < -0.3 is 5.32 Å². The smallest absolute Gasteiger partial charge is 0.238 e. The molecular weight excluding hydrogens is 418 g/mol. The summed E-state index contributed by atoms with van der Waals surface area (Å²) in [6.07, 6.45) is 0. The van der Waals surface area contributed by atoms with Crippen LogP contribution in [-0.2, 0) is 14.8 Å². The summed E-state index contributed by atoms with van der Waals surface area (Å²) >= 11 is 0. The highest BCUT2D eigenvalue weighted by atomic mass is 32.2. The van der Waals surface area contributed by atoms with E-state index in [1.165, 1.54) is 4.31 Å². The van der Waals surface area contributed by atoms with E-state index in [2.05, 4.69) is 5.32 Å². The highest BCUT2D eigenvalue weighted by Crippen LogP contribution is 2.31. The molecule has 8 nitrogen and oxygen atoms in total. The molecule has 1 N–H and O–H groups in total. The molecule has 4 rings (SSSR count). The first-order chi connectivity index (χ1) is 14.8. The van der Waals surface area contributed by atoms with Crippen LogP contribution in [0.25, 0.3) is 0 Å².